The number of benzene rings is 1. The molecule has 0 aromatic heterocycles. The summed E-state index contributed by atoms with van der Waals surface area (Å²) in [4.78, 5) is 25.5. The van der Waals surface area contributed by atoms with Crippen LogP contribution >= 0.6 is 0 Å². The van der Waals surface area contributed by atoms with Gasteiger partial charge in [-0.3, -0.25) is 9.59 Å². The molecule has 0 fully saturated rings. The zero-order chi connectivity index (χ0) is 25.1. The van der Waals surface area contributed by atoms with Gasteiger partial charge in [-0.2, -0.15) is 0 Å². The number of ether oxygens (including phenoxy) is 1. The molecule has 0 bridgehead atoms. The van der Waals surface area contributed by atoms with Crippen molar-refractivity contribution >= 4 is 17.4 Å². The second kappa shape index (κ2) is 10.0. The zero-order valence-electron chi connectivity index (χ0n) is 20.0. The quantitative estimate of drug-likeness (QED) is 0.473. The molecule has 5 nitrogen and oxygen atoms in total. The second-order valence-electron chi connectivity index (χ2n) is 9.03. The van der Waals surface area contributed by atoms with Crippen LogP contribution in [0.25, 0.3) is 5.57 Å². The number of nitrogens with zero attached hydrogens (tertiary/aromatic N) is 1. The Morgan fingerprint density at radius 1 is 1.30 bits per heavy atom. The molecular formula is C25H32F3NO4. The number of allylic oxidation sites excluding steroid dienone is 3. The van der Waals surface area contributed by atoms with Crippen LogP contribution in [-0.4, -0.2) is 34.8 Å². The minimum atomic E-state index is -4.88. The Morgan fingerprint density at radius 2 is 1.94 bits per heavy atom. The molecule has 1 atom stereocenters. The fourth-order valence-corrected chi connectivity index (χ4v) is 4.06. The van der Waals surface area contributed by atoms with E-state index in [1.807, 2.05) is 34.6 Å². The Labute approximate surface area is 192 Å². The number of carboxylic acid groups (broad SMARTS) is 1. The highest BCUT2D eigenvalue weighted by Crippen LogP contribution is 2.41. The van der Waals surface area contributed by atoms with Gasteiger partial charge in [0.05, 0.1) is 6.42 Å². The van der Waals surface area contributed by atoms with E-state index in [0.717, 1.165) is 5.57 Å². The van der Waals surface area contributed by atoms with Gasteiger partial charge in [0.15, 0.2) is 0 Å². The minimum absolute atomic E-state index is 0.0367. The van der Waals surface area contributed by atoms with Gasteiger partial charge in [-0.1, -0.05) is 33.8 Å². The molecule has 1 aliphatic rings. The molecule has 1 N–H and O–H groups in total. The van der Waals surface area contributed by atoms with E-state index in [1.165, 1.54) is 12.1 Å². The van der Waals surface area contributed by atoms with Crippen molar-refractivity contribution in [3.05, 3.63) is 46.7 Å². The maximum Gasteiger partial charge on any atom is 0.573 e. The molecule has 0 aliphatic carbocycles. The van der Waals surface area contributed by atoms with Crippen LogP contribution in [0, 0.1) is 5.41 Å². The summed E-state index contributed by atoms with van der Waals surface area (Å²) in [5, 5.41) is 9.12. The number of hydrogen-bond donors (Lipinski definition) is 1. The van der Waals surface area contributed by atoms with Crippen LogP contribution in [0.1, 0.15) is 77.8 Å². The van der Waals surface area contributed by atoms with Gasteiger partial charge in [-0.05, 0) is 66.5 Å². The molecule has 33 heavy (non-hydrogen) atoms. The van der Waals surface area contributed by atoms with Crippen molar-refractivity contribution in [3.63, 3.8) is 0 Å². The predicted molar refractivity (Wildman–Crippen MR) is 121 cm³/mol. The lowest BCUT2D eigenvalue weighted by Crippen LogP contribution is -2.39. The summed E-state index contributed by atoms with van der Waals surface area (Å²) >= 11 is 0. The molecule has 0 spiro atoms. The number of carboxylic acids is 1. The normalized spacial score (nSPS) is 17.9. The highest BCUT2D eigenvalue weighted by Gasteiger charge is 2.36. The van der Waals surface area contributed by atoms with Crippen LogP contribution in [0.2, 0.25) is 0 Å². The standard InChI is InChI=1S/C25H32F3NO4/c1-7-17(13-20-16(4)24(5,6)14-22(30)29(20)8-2)19-12-18(15(3)11-23(31)32)9-10-21(19)33-25(26,27)28/h9-10,12-13,15H,7-8,11,14H2,1-6H3,(H,31,32)/b17-13+. The van der Waals surface area contributed by atoms with Crippen molar-refractivity contribution in [2.75, 3.05) is 6.54 Å². The lowest BCUT2D eigenvalue weighted by molar-refractivity contribution is -0.274. The highest BCUT2D eigenvalue weighted by molar-refractivity contribution is 5.83. The van der Waals surface area contributed by atoms with Crippen LogP contribution in [0.3, 0.4) is 0 Å². The molecule has 1 aliphatic heterocycles. The third kappa shape index (κ3) is 6.39. The van der Waals surface area contributed by atoms with Gasteiger partial charge in [0, 0.05) is 24.2 Å². The number of likely N-dealkylation sites (N-methyl/N-ethyl adjacent to an activating group) is 1. The van der Waals surface area contributed by atoms with Crippen molar-refractivity contribution in [3.8, 4) is 5.75 Å². The molecule has 1 aromatic carbocycles. The number of aliphatic carboxylic acids is 1. The zero-order valence-corrected chi connectivity index (χ0v) is 20.0. The van der Waals surface area contributed by atoms with Crippen LogP contribution in [0.5, 0.6) is 5.75 Å². The first-order valence-corrected chi connectivity index (χ1v) is 11.0. The number of amides is 1. The molecule has 0 radical (unpaired) electrons. The molecule has 0 saturated heterocycles. The van der Waals surface area contributed by atoms with Crippen molar-refractivity contribution < 1.29 is 32.6 Å². The summed E-state index contributed by atoms with van der Waals surface area (Å²) < 4.78 is 43.7. The Bertz CT molecular complexity index is 976. The number of carbonyl (C=O) groups excluding carboxylic acids is 1. The lowest BCUT2D eigenvalue weighted by atomic mass is 9.77. The molecule has 1 aromatic rings. The summed E-state index contributed by atoms with van der Waals surface area (Å²) in [5.74, 6) is -1.79. The Balaban J connectivity index is 2.71. The van der Waals surface area contributed by atoms with Crippen molar-refractivity contribution in [2.24, 2.45) is 5.41 Å². The summed E-state index contributed by atoms with van der Waals surface area (Å²) in [6, 6.07) is 4.25. The Morgan fingerprint density at radius 3 is 2.45 bits per heavy atom. The van der Waals surface area contributed by atoms with Gasteiger partial charge >= 0.3 is 12.3 Å². The molecule has 1 unspecified atom stereocenters. The number of hydrogen-bond acceptors (Lipinski definition) is 3. The van der Waals surface area contributed by atoms with Crippen LogP contribution in [0.4, 0.5) is 13.2 Å². The maximum atomic E-state index is 13.1. The van der Waals surface area contributed by atoms with Crippen LogP contribution < -0.4 is 4.74 Å². The Kier molecular flexibility index (Phi) is 8.04. The van der Waals surface area contributed by atoms with Crippen molar-refractivity contribution in [1.82, 2.24) is 4.90 Å². The molecule has 1 heterocycles. The molecular weight excluding hydrogens is 435 g/mol. The average Bonchev–Trinajstić information content (AvgIpc) is 2.68. The fourth-order valence-electron chi connectivity index (χ4n) is 4.06. The van der Waals surface area contributed by atoms with E-state index < -0.39 is 18.2 Å². The molecule has 1 amide bonds. The van der Waals surface area contributed by atoms with E-state index >= 15 is 0 Å². The lowest BCUT2D eigenvalue weighted by Gasteiger charge is -2.38. The van der Waals surface area contributed by atoms with Crippen LogP contribution in [-0.2, 0) is 9.59 Å². The molecule has 0 saturated carbocycles. The average molecular weight is 468 g/mol. The minimum Gasteiger partial charge on any atom is -0.481 e. The summed E-state index contributed by atoms with van der Waals surface area (Å²) in [5.41, 5.74) is 2.67. The number of carbonyl (C=O) groups is 2. The summed E-state index contributed by atoms with van der Waals surface area (Å²) in [6.45, 7) is 11.7. The third-order valence-electron chi connectivity index (χ3n) is 6.22. The third-order valence-corrected chi connectivity index (χ3v) is 6.22. The van der Waals surface area contributed by atoms with Gasteiger partial charge in [0.1, 0.15) is 5.75 Å². The summed E-state index contributed by atoms with van der Waals surface area (Å²) in [6.07, 6.45) is -2.53. The SMILES string of the molecule is CC/C(=C\C1=C(C)C(C)(C)CC(=O)N1CC)c1cc(C(C)CC(=O)O)ccc1OC(F)(F)F. The number of halogens is 3. The van der Waals surface area contributed by atoms with E-state index in [2.05, 4.69) is 4.74 Å². The maximum absolute atomic E-state index is 13.1. The van der Waals surface area contributed by atoms with Crippen molar-refractivity contribution in [1.29, 1.82) is 0 Å². The predicted octanol–water partition coefficient (Wildman–Crippen LogP) is 6.51. The number of rotatable bonds is 8. The number of alkyl halides is 3. The second-order valence-corrected chi connectivity index (χ2v) is 9.03. The molecule has 2 rings (SSSR count). The largest absolute Gasteiger partial charge is 0.573 e. The highest BCUT2D eigenvalue weighted by atomic mass is 19.4. The Hall–Kier alpha value is -2.77. The van der Waals surface area contributed by atoms with E-state index in [0.29, 0.717) is 36.2 Å². The molecule has 182 valence electrons. The van der Waals surface area contributed by atoms with E-state index in [9.17, 15) is 22.8 Å². The van der Waals surface area contributed by atoms with Gasteiger partial charge in [0.25, 0.3) is 0 Å². The van der Waals surface area contributed by atoms with E-state index in [4.69, 9.17) is 5.11 Å². The van der Waals surface area contributed by atoms with Crippen LogP contribution in [0.15, 0.2) is 35.5 Å². The first-order chi connectivity index (χ1) is 15.2. The first-order valence-electron chi connectivity index (χ1n) is 11.0. The van der Waals surface area contributed by atoms with Gasteiger partial charge < -0.3 is 14.7 Å². The monoisotopic (exact) mass is 467 g/mol. The fraction of sp³-hybridized carbons (Fsp3) is 0.520. The summed E-state index contributed by atoms with van der Waals surface area (Å²) in [7, 11) is 0. The molecule has 8 heteroatoms. The topological polar surface area (TPSA) is 66.8 Å². The van der Waals surface area contributed by atoms with Gasteiger partial charge in [0.2, 0.25) is 5.91 Å². The van der Waals surface area contributed by atoms with Gasteiger partial charge in [-0.15, -0.1) is 13.2 Å². The van der Waals surface area contributed by atoms with Crippen molar-refractivity contribution in [2.45, 2.75) is 73.1 Å². The van der Waals surface area contributed by atoms with E-state index in [1.54, 1.807) is 24.0 Å². The smallest absolute Gasteiger partial charge is 0.481 e. The van der Waals surface area contributed by atoms with E-state index in [-0.39, 0.29) is 29.1 Å². The first kappa shape index (κ1) is 26.5. The van der Waals surface area contributed by atoms with Gasteiger partial charge in [-0.25, -0.2) is 0 Å².